The van der Waals surface area contributed by atoms with Crippen LogP contribution in [0, 0.1) is 0 Å². The molecule has 1 rings (SSSR count). The van der Waals surface area contributed by atoms with E-state index in [-0.39, 0.29) is 5.91 Å². The Hall–Kier alpha value is -1.00. The Morgan fingerprint density at radius 3 is 2.76 bits per heavy atom. The first-order valence-corrected chi connectivity index (χ1v) is 6.95. The molecule has 1 aromatic carbocycles. The van der Waals surface area contributed by atoms with Gasteiger partial charge in [-0.15, -0.1) is 11.8 Å². The van der Waals surface area contributed by atoms with E-state index in [9.17, 15) is 4.79 Å². The molecule has 0 fully saturated rings. The zero-order chi connectivity index (χ0) is 12.7. The van der Waals surface area contributed by atoms with E-state index in [1.54, 1.807) is 11.8 Å². The lowest BCUT2D eigenvalue weighted by atomic mass is 10.1. The maximum Gasteiger partial charge on any atom is 0.241 e. The largest absolute Gasteiger partial charge is 0.324 e. The van der Waals surface area contributed by atoms with Crippen LogP contribution in [-0.4, -0.2) is 17.7 Å². The van der Waals surface area contributed by atoms with Gasteiger partial charge in [-0.25, -0.2) is 0 Å². The van der Waals surface area contributed by atoms with Gasteiger partial charge in [0.15, 0.2) is 0 Å². The Morgan fingerprint density at radius 1 is 1.41 bits per heavy atom. The molecule has 94 valence electrons. The molecule has 3 nitrogen and oxygen atoms in total. The summed E-state index contributed by atoms with van der Waals surface area (Å²) in [7, 11) is 0. The van der Waals surface area contributed by atoms with Crippen molar-refractivity contribution in [1.29, 1.82) is 0 Å². The minimum atomic E-state index is -0.417. The summed E-state index contributed by atoms with van der Waals surface area (Å²) in [5, 5.41) is 2.90. The summed E-state index contributed by atoms with van der Waals surface area (Å²) < 4.78 is 0. The zero-order valence-electron chi connectivity index (χ0n) is 10.4. The van der Waals surface area contributed by atoms with E-state index in [0.29, 0.717) is 0 Å². The summed E-state index contributed by atoms with van der Waals surface area (Å²) in [6.07, 6.45) is 1.63. The van der Waals surface area contributed by atoms with Gasteiger partial charge < -0.3 is 11.1 Å². The van der Waals surface area contributed by atoms with E-state index in [1.807, 2.05) is 31.2 Å². The molecule has 1 unspecified atom stereocenters. The molecule has 0 saturated heterocycles. The first-order chi connectivity index (χ1) is 8.19. The van der Waals surface area contributed by atoms with Gasteiger partial charge in [-0.1, -0.05) is 32.4 Å². The van der Waals surface area contributed by atoms with Gasteiger partial charge in [-0.3, -0.25) is 4.79 Å². The normalized spacial score (nSPS) is 12.2. The van der Waals surface area contributed by atoms with Gasteiger partial charge in [-0.2, -0.15) is 0 Å². The Bertz CT molecular complexity index is 368. The van der Waals surface area contributed by atoms with Crippen LogP contribution in [0.4, 0.5) is 5.69 Å². The maximum atomic E-state index is 11.8. The van der Waals surface area contributed by atoms with Crippen molar-refractivity contribution < 1.29 is 4.79 Å². The number of rotatable bonds is 6. The zero-order valence-corrected chi connectivity index (χ0v) is 11.2. The minimum Gasteiger partial charge on any atom is -0.324 e. The number of benzene rings is 1. The topological polar surface area (TPSA) is 55.1 Å². The molecule has 0 bridgehead atoms. The maximum absolute atomic E-state index is 11.8. The molecule has 0 aromatic heterocycles. The van der Waals surface area contributed by atoms with E-state index in [0.717, 1.165) is 29.2 Å². The average Bonchev–Trinajstić information content (AvgIpc) is 2.32. The molecular formula is C13H20N2OS. The number of carbonyl (C=O) groups is 1. The highest BCUT2D eigenvalue weighted by Crippen LogP contribution is 2.26. The molecule has 17 heavy (non-hydrogen) atoms. The predicted octanol–water partition coefficient (Wildman–Crippen LogP) is 2.86. The molecule has 0 aliphatic rings. The summed E-state index contributed by atoms with van der Waals surface area (Å²) in [4.78, 5) is 12.9. The van der Waals surface area contributed by atoms with E-state index < -0.39 is 6.04 Å². The third-order valence-electron chi connectivity index (χ3n) is 2.38. The van der Waals surface area contributed by atoms with Crippen molar-refractivity contribution in [2.45, 2.75) is 37.6 Å². The second kappa shape index (κ2) is 7.35. The predicted molar refractivity (Wildman–Crippen MR) is 74.4 cm³/mol. The summed E-state index contributed by atoms with van der Waals surface area (Å²) >= 11 is 1.71. The molecule has 1 atom stereocenters. The Labute approximate surface area is 107 Å². The lowest BCUT2D eigenvalue weighted by Crippen LogP contribution is -2.35. The fourth-order valence-electron chi connectivity index (χ4n) is 1.52. The number of thioether (sulfide) groups is 1. The van der Waals surface area contributed by atoms with Crippen LogP contribution in [0.3, 0.4) is 0 Å². The van der Waals surface area contributed by atoms with Gasteiger partial charge in [0.1, 0.15) is 0 Å². The second-order valence-corrected chi connectivity index (χ2v) is 5.12. The quantitative estimate of drug-likeness (QED) is 0.765. The van der Waals surface area contributed by atoms with Gasteiger partial charge in [0.25, 0.3) is 0 Å². The molecule has 3 N–H and O–H groups in total. The van der Waals surface area contributed by atoms with Crippen LogP contribution in [0.5, 0.6) is 0 Å². The third kappa shape index (κ3) is 4.40. The van der Waals surface area contributed by atoms with Crippen molar-refractivity contribution in [3.05, 3.63) is 24.3 Å². The van der Waals surface area contributed by atoms with Crippen molar-refractivity contribution in [2.75, 3.05) is 11.1 Å². The molecular weight excluding hydrogens is 232 g/mol. The lowest BCUT2D eigenvalue weighted by molar-refractivity contribution is -0.117. The van der Waals surface area contributed by atoms with Crippen LogP contribution in [0.1, 0.15) is 26.7 Å². The van der Waals surface area contributed by atoms with Crippen LogP contribution in [0.15, 0.2) is 29.2 Å². The molecule has 0 aliphatic carbocycles. The van der Waals surface area contributed by atoms with Gasteiger partial charge in [0.2, 0.25) is 5.91 Å². The first kappa shape index (κ1) is 14.1. The number of hydrogen-bond acceptors (Lipinski definition) is 3. The summed E-state index contributed by atoms with van der Waals surface area (Å²) in [6.45, 7) is 4.11. The highest BCUT2D eigenvalue weighted by atomic mass is 32.2. The van der Waals surface area contributed by atoms with Crippen LogP contribution in [0.25, 0.3) is 0 Å². The molecule has 1 aromatic rings. The highest BCUT2D eigenvalue weighted by Gasteiger charge is 2.13. The van der Waals surface area contributed by atoms with E-state index in [4.69, 9.17) is 5.73 Å². The van der Waals surface area contributed by atoms with Crippen LogP contribution < -0.4 is 11.1 Å². The standard InChI is InChI=1S/C13H20N2OS/c1-3-7-10(14)13(16)15-11-8-5-6-9-12(11)17-4-2/h5-6,8-10H,3-4,7,14H2,1-2H3,(H,15,16). The molecule has 0 aliphatic heterocycles. The average molecular weight is 252 g/mol. The van der Waals surface area contributed by atoms with Gasteiger partial charge >= 0.3 is 0 Å². The molecule has 0 spiro atoms. The molecule has 0 heterocycles. The van der Waals surface area contributed by atoms with Crippen LogP contribution >= 0.6 is 11.8 Å². The van der Waals surface area contributed by atoms with Gasteiger partial charge in [-0.05, 0) is 24.3 Å². The number of nitrogens with two attached hydrogens (primary N) is 1. The summed E-state index contributed by atoms with van der Waals surface area (Å²) in [5.41, 5.74) is 6.64. The minimum absolute atomic E-state index is 0.101. The van der Waals surface area contributed by atoms with Gasteiger partial charge in [0, 0.05) is 4.90 Å². The monoisotopic (exact) mass is 252 g/mol. The van der Waals surface area contributed by atoms with Crippen LogP contribution in [0.2, 0.25) is 0 Å². The summed E-state index contributed by atoms with van der Waals surface area (Å²) in [5.74, 6) is 0.879. The van der Waals surface area contributed by atoms with E-state index in [2.05, 4.69) is 12.2 Å². The number of hydrogen-bond donors (Lipinski definition) is 2. The Morgan fingerprint density at radius 2 is 2.12 bits per heavy atom. The Balaban J connectivity index is 2.70. The van der Waals surface area contributed by atoms with Gasteiger partial charge in [0.05, 0.1) is 11.7 Å². The van der Waals surface area contributed by atoms with E-state index in [1.165, 1.54) is 0 Å². The van der Waals surface area contributed by atoms with Crippen molar-refractivity contribution in [3.8, 4) is 0 Å². The highest BCUT2D eigenvalue weighted by molar-refractivity contribution is 7.99. The molecule has 0 saturated carbocycles. The lowest BCUT2D eigenvalue weighted by Gasteiger charge is -2.13. The van der Waals surface area contributed by atoms with Crippen molar-refractivity contribution in [1.82, 2.24) is 0 Å². The fourth-order valence-corrected chi connectivity index (χ4v) is 2.28. The second-order valence-electron chi connectivity index (χ2n) is 3.81. The van der Waals surface area contributed by atoms with Crippen molar-refractivity contribution in [3.63, 3.8) is 0 Å². The first-order valence-electron chi connectivity index (χ1n) is 5.97. The molecule has 1 amide bonds. The number of amides is 1. The smallest absolute Gasteiger partial charge is 0.241 e. The number of para-hydroxylation sites is 1. The number of carbonyl (C=O) groups excluding carboxylic acids is 1. The van der Waals surface area contributed by atoms with Crippen molar-refractivity contribution >= 4 is 23.4 Å². The van der Waals surface area contributed by atoms with Crippen molar-refractivity contribution in [2.24, 2.45) is 5.73 Å². The Kier molecular flexibility index (Phi) is 6.08. The third-order valence-corrected chi connectivity index (χ3v) is 3.34. The van der Waals surface area contributed by atoms with E-state index >= 15 is 0 Å². The summed E-state index contributed by atoms with van der Waals surface area (Å²) in [6, 6.07) is 7.39. The fraction of sp³-hybridized carbons (Fsp3) is 0.462. The number of anilines is 1. The molecule has 0 radical (unpaired) electrons. The van der Waals surface area contributed by atoms with Crippen LogP contribution in [-0.2, 0) is 4.79 Å². The number of nitrogens with one attached hydrogen (secondary N) is 1. The SMILES string of the molecule is CCCC(N)C(=O)Nc1ccccc1SCC. The molecule has 4 heteroatoms.